The minimum Gasteiger partial charge on any atom is -0.456 e. The highest BCUT2D eigenvalue weighted by Crippen LogP contribution is 2.73. The standard InChI is InChI=1S/C58H41NOS/c1-5-18-43(19-6-1)53-30-16-32-55-57(53)58-54(31-17-33-56(58)60-55)59(45-36-34-44(35-37-45)52-29-15-21-42-20-13-14-28-51(42)52)46-38-40-50(41-39-46)61(47-22-7-2-8-23-47,48-24-9-3-10-25-48)49-26-11-4-12-27-49/h1-41H. The van der Waals surface area contributed by atoms with Gasteiger partial charge in [0, 0.05) is 36.3 Å². The summed E-state index contributed by atoms with van der Waals surface area (Å²) in [5, 5.41) is 4.67. The van der Waals surface area contributed by atoms with E-state index in [-0.39, 0.29) is 0 Å². The van der Waals surface area contributed by atoms with Crippen LogP contribution < -0.4 is 4.90 Å². The van der Waals surface area contributed by atoms with Gasteiger partial charge in [-0.1, -0.05) is 158 Å². The summed E-state index contributed by atoms with van der Waals surface area (Å²) < 4.78 is 6.68. The van der Waals surface area contributed by atoms with Crippen LogP contribution in [0.2, 0.25) is 0 Å². The molecule has 0 radical (unpaired) electrons. The first-order chi connectivity index (χ1) is 30.3. The number of hydrogen-bond donors (Lipinski definition) is 0. The summed E-state index contributed by atoms with van der Waals surface area (Å²) >= 11 is 0. The van der Waals surface area contributed by atoms with Crippen molar-refractivity contribution in [3.8, 4) is 22.3 Å². The molecule has 0 fully saturated rings. The lowest BCUT2D eigenvalue weighted by Gasteiger charge is -2.42. The van der Waals surface area contributed by atoms with Gasteiger partial charge in [0.15, 0.2) is 0 Å². The maximum Gasteiger partial charge on any atom is 0.137 e. The van der Waals surface area contributed by atoms with Crippen molar-refractivity contribution < 1.29 is 4.42 Å². The van der Waals surface area contributed by atoms with Gasteiger partial charge in [-0.05, 0) is 124 Å². The number of nitrogens with zero attached hydrogens (tertiary/aromatic N) is 1. The molecule has 61 heavy (non-hydrogen) atoms. The second-order valence-corrected chi connectivity index (χ2v) is 18.4. The molecule has 290 valence electrons. The zero-order chi connectivity index (χ0) is 40.6. The Labute approximate surface area is 357 Å². The molecule has 0 unspecified atom stereocenters. The van der Waals surface area contributed by atoms with Crippen molar-refractivity contribution in [2.45, 2.75) is 19.6 Å². The fourth-order valence-corrected chi connectivity index (χ4v) is 13.0. The van der Waals surface area contributed by atoms with E-state index in [1.54, 1.807) is 0 Å². The molecule has 0 aliphatic heterocycles. The van der Waals surface area contributed by atoms with Crippen molar-refractivity contribution in [3.63, 3.8) is 0 Å². The van der Waals surface area contributed by atoms with E-state index in [0.29, 0.717) is 0 Å². The molecule has 3 heteroatoms. The zero-order valence-electron chi connectivity index (χ0n) is 33.4. The van der Waals surface area contributed by atoms with E-state index in [1.807, 2.05) is 0 Å². The molecule has 0 aliphatic rings. The molecule has 1 aromatic heterocycles. The molecule has 0 saturated carbocycles. The van der Waals surface area contributed by atoms with E-state index < -0.39 is 10.0 Å². The van der Waals surface area contributed by atoms with E-state index in [4.69, 9.17) is 4.42 Å². The summed E-state index contributed by atoms with van der Waals surface area (Å²) in [5.74, 6) is 0. The molecule has 0 aliphatic carbocycles. The van der Waals surface area contributed by atoms with Crippen LogP contribution in [0.1, 0.15) is 0 Å². The van der Waals surface area contributed by atoms with E-state index in [2.05, 4.69) is 254 Å². The second kappa shape index (κ2) is 15.5. The predicted octanol–water partition coefficient (Wildman–Crippen LogP) is 16.9. The Morgan fingerprint density at radius 1 is 0.311 bits per heavy atom. The third kappa shape index (κ3) is 6.30. The molecular formula is C58H41NOS. The molecular weight excluding hydrogens is 759 g/mol. The van der Waals surface area contributed by atoms with Gasteiger partial charge in [-0.3, -0.25) is 0 Å². The minimum absolute atomic E-state index is 0.852. The smallest absolute Gasteiger partial charge is 0.137 e. The van der Waals surface area contributed by atoms with Gasteiger partial charge in [0.05, 0.1) is 11.1 Å². The predicted molar refractivity (Wildman–Crippen MR) is 257 cm³/mol. The average Bonchev–Trinajstić information content (AvgIpc) is 3.74. The summed E-state index contributed by atoms with van der Waals surface area (Å²) in [6.07, 6.45) is 0. The summed E-state index contributed by atoms with van der Waals surface area (Å²) in [7, 11) is -1.86. The second-order valence-electron chi connectivity index (χ2n) is 15.3. The number of rotatable bonds is 9. The molecule has 0 N–H and O–H groups in total. The van der Waals surface area contributed by atoms with Gasteiger partial charge in [0.2, 0.25) is 0 Å². The molecule has 0 amide bonds. The number of furan rings is 1. The van der Waals surface area contributed by atoms with Gasteiger partial charge in [-0.2, -0.15) is 0 Å². The lowest BCUT2D eigenvalue weighted by Crippen LogP contribution is -2.11. The normalized spacial score (nSPS) is 11.9. The Balaban J connectivity index is 1.14. The first-order valence-electron chi connectivity index (χ1n) is 20.7. The monoisotopic (exact) mass is 799 g/mol. The maximum absolute atomic E-state index is 6.68. The average molecular weight is 800 g/mol. The molecule has 0 spiro atoms. The zero-order valence-corrected chi connectivity index (χ0v) is 34.3. The van der Waals surface area contributed by atoms with Gasteiger partial charge in [0.25, 0.3) is 0 Å². The van der Waals surface area contributed by atoms with Crippen molar-refractivity contribution in [2.75, 3.05) is 4.90 Å². The molecule has 0 bridgehead atoms. The van der Waals surface area contributed by atoms with Crippen LogP contribution in [0.5, 0.6) is 0 Å². The highest BCUT2D eigenvalue weighted by Gasteiger charge is 2.33. The first-order valence-corrected chi connectivity index (χ1v) is 22.4. The summed E-state index contributed by atoms with van der Waals surface area (Å²) in [5.41, 5.74) is 9.59. The van der Waals surface area contributed by atoms with E-state index in [0.717, 1.165) is 50.1 Å². The van der Waals surface area contributed by atoms with Crippen LogP contribution in [0.3, 0.4) is 0 Å². The fraction of sp³-hybridized carbons (Fsp3) is 0. The molecule has 1 heterocycles. The Kier molecular flexibility index (Phi) is 9.30. The Hall–Kier alpha value is -7.59. The highest BCUT2D eigenvalue weighted by molar-refractivity contribution is 8.34. The Morgan fingerprint density at radius 3 is 1.38 bits per heavy atom. The summed E-state index contributed by atoms with van der Waals surface area (Å²) in [4.78, 5) is 7.56. The van der Waals surface area contributed by atoms with Crippen LogP contribution >= 0.6 is 10.0 Å². The van der Waals surface area contributed by atoms with Gasteiger partial charge < -0.3 is 9.32 Å². The SMILES string of the molecule is c1ccc(-c2cccc3oc4cccc(N(c5ccc(-c6cccc7ccccc67)cc5)c5ccc(S(c6ccccc6)(c6ccccc6)c6ccccc6)cc5)c4c23)cc1. The van der Waals surface area contributed by atoms with E-state index >= 15 is 0 Å². The third-order valence-corrected chi connectivity index (χ3v) is 15.7. The molecule has 0 saturated heterocycles. The van der Waals surface area contributed by atoms with Crippen LogP contribution in [-0.2, 0) is 0 Å². The van der Waals surface area contributed by atoms with E-state index in [9.17, 15) is 0 Å². The molecule has 2 nitrogen and oxygen atoms in total. The summed E-state index contributed by atoms with van der Waals surface area (Å²) in [6, 6.07) is 90.1. The van der Waals surface area contributed by atoms with Crippen LogP contribution in [-0.4, -0.2) is 0 Å². The molecule has 11 rings (SSSR count). The van der Waals surface area contributed by atoms with Gasteiger partial charge in [-0.15, -0.1) is 10.0 Å². The van der Waals surface area contributed by atoms with Crippen molar-refractivity contribution in [1.82, 2.24) is 0 Å². The van der Waals surface area contributed by atoms with Crippen molar-refractivity contribution in [2.24, 2.45) is 0 Å². The van der Waals surface area contributed by atoms with Crippen LogP contribution in [0.4, 0.5) is 17.1 Å². The van der Waals surface area contributed by atoms with E-state index in [1.165, 1.54) is 41.5 Å². The topological polar surface area (TPSA) is 16.4 Å². The maximum atomic E-state index is 6.68. The third-order valence-electron chi connectivity index (χ3n) is 11.8. The van der Waals surface area contributed by atoms with Crippen LogP contribution in [0, 0.1) is 0 Å². The lowest BCUT2D eigenvalue weighted by molar-refractivity contribution is 0.669. The Morgan fingerprint density at radius 2 is 0.754 bits per heavy atom. The fourth-order valence-electron chi connectivity index (χ4n) is 9.08. The van der Waals surface area contributed by atoms with Crippen molar-refractivity contribution >= 4 is 59.8 Å². The van der Waals surface area contributed by atoms with Crippen LogP contribution in [0.15, 0.2) is 273 Å². The minimum atomic E-state index is -1.86. The number of fused-ring (bicyclic) bond motifs is 4. The number of anilines is 3. The van der Waals surface area contributed by atoms with Gasteiger partial charge in [0.1, 0.15) is 11.2 Å². The quantitative estimate of drug-likeness (QED) is 0.145. The molecule has 10 aromatic carbocycles. The summed E-state index contributed by atoms with van der Waals surface area (Å²) in [6.45, 7) is 0. The van der Waals surface area contributed by atoms with Crippen molar-refractivity contribution in [1.29, 1.82) is 0 Å². The lowest BCUT2D eigenvalue weighted by atomic mass is 9.97. The largest absolute Gasteiger partial charge is 0.456 e. The molecule has 11 aromatic rings. The first kappa shape index (κ1) is 36.5. The molecule has 0 atom stereocenters. The number of benzene rings is 10. The Bertz CT molecular complexity index is 3170. The van der Waals surface area contributed by atoms with Crippen LogP contribution in [0.25, 0.3) is 55.0 Å². The number of hydrogen-bond acceptors (Lipinski definition) is 2. The van der Waals surface area contributed by atoms with Gasteiger partial charge >= 0.3 is 0 Å². The van der Waals surface area contributed by atoms with Gasteiger partial charge in [-0.25, -0.2) is 0 Å². The van der Waals surface area contributed by atoms with Crippen molar-refractivity contribution in [3.05, 3.63) is 249 Å². The highest BCUT2D eigenvalue weighted by atomic mass is 32.3.